The number of hydrogen-bond donors (Lipinski definition) is 0. The average Bonchev–Trinajstić information content (AvgIpc) is 2.69. The summed E-state index contributed by atoms with van der Waals surface area (Å²) in [7, 11) is 2.35. The fourth-order valence-electron chi connectivity index (χ4n) is 4.64. The minimum atomic E-state index is 0.845. The minimum absolute atomic E-state index is 0.845. The maximum Gasteiger partial charge on any atom is 0.0512 e. The molecule has 3 unspecified atom stereocenters. The van der Waals surface area contributed by atoms with E-state index in [1.807, 2.05) is 0 Å². The second-order valence-electron chi connectivity index (χ2n) is 7.27. The van der Waals surface area contributed by atoms with Gasteiger partial charge in [0.1, 0.15) is 0 Å². The molecule has 3 aliphatic rings. The Bertz CT molecular complexity index is 285. The highest BCUT2D eigenvalue weighted by atomic mass is 15.4. The lowest BCUT2D eigenvalue weighted by atomic mass is 9.75. The second kappa shape index (κ2) is 5.13. The van der Waals surface area contributed by atoms with Crippen molar-refractivity contribution < 1.29 is 0 Å². The normalized spacial score (nSPS) is 44.2. The van der Waals surface area contributed by atoms with Gasteiger partial charge in [0, 0.05) is 18.1 Å². The van der Waals surface area contributed by atoms with Crippen LogP contribution < -0.4 is 0 Å². The first-order chi connectivity index (χ1) is 8.66. The molecule has 0 N–H and O–H groups in total. The SMILES string of the molecule is CC1CC2C(C[C@H]1C)N(C)CN2C1CCCCC1. The van der Waals surface area contributed by atoms with Crippen LogP contribution >= 0.6 is 0 Å². The number of likely N-dealkylation sites (N-methyl/N-ethyl adjacent to an activating group) is 1. The van der Waals surface area contributed by atoms with E-state index in [1.165, 1.54) is 51.6 Å². The lowest BCUT2D eigenvalue weighted by Gasteiger charge is -2.42. The Labute approximate surface area is 113 Å². The number of hydrogen-bond acceptors (Lipinski definition) is 2. The third-order valence-electron chi connectivity index (χ3n) is 6.06. The summed E-state index contributed by atoms with van der Waals surface area (Å²) in [4.78, 5) is 5.52. The summed E-state index contributed by atoms with van der Waals surface area (Å²) < 4.78 is 0. The van der Waals surface area contributed by atoms with Gasteiger partial charge >= 0.3 is 0 Å². The smallest absolute Gasteiger partial charge is 0.0512 e. The van der Waals surface area contributed by atoms with Crippen LogP contribution in [0.15, 0.2) is 0 Å². The third kappa shape index (κ3) is 2.22. The van der Waals surface area contributed by atoms with Crippen molar-refractivity contribution in [3.63, 3.8) is 0 Å². The van der Waals surface area contributed by atoms with E-state index in [0.717, 1.165) is 30.0 Å². The molecule has 1 heterocycles. The highest BCUT2D eigenvalue weighted by molar-refractivity contribution is 4.99. The molecule has 4 atom stereocenters. The zero-order valence-electron chi connectivity index (χ0n) is 12.4. The molecule has 104 valence electrons. The molecule has 2 heteroatoms. The van der Waals surface area contributed by atoms with Crippen LogP contribution in [0.5, 0.6) is 0 Å². The lowest BCUT2D eigenvalue weighted by molar-refractivity contribution is 0.0897. The van der Waals surface area contributed by atoms with E-state index >= 15 is 0 Å². The summed E-state index contributed by atoms with van der Waals surface area (Å²) in [6.45, 7) is 6.16. The molecule has 2 nitrogen and oxygen atoms in total. The van der Waals surface area contributed by atoms with Crippen LogP contribution in [0.1, 0.15) is 58.8 Å². The summed E-state index contributed by atoms with van der Waals surface area (Å²) in [5.74, 6) is 1.84. The second-order valence-corrected chi connectivity index (χ2v) is 7.27. The van der Waals surface area contributed by atoms with E-state index in [-0.39, 0.29) is 0 Å². The van der Waals surface area contributed by atoms with E-state index in [1.54, 1.807) is 0 Å². The zero-order valence-corrected chi connectivity index (χ0v) is 12.4. The van der Waals surface area contributed by atoms with Gasteiger partial charge in [-0.2, -0.15) is 0 Å². The van der Waals surface area contributed by atoms with E-state index in [9.17, 15) is 0 Å². The molecule has 0 bridgehead atoms. The Morgan fingerprint density at radius 3 is 2.11 bits per heavy atom. The summed E-state index contributed by atoms with van der Waals surface area (Å²) in [6.07, 6.45) is 10.2. The lowest BCUT2D eigenvalue weighted by Crippen LogP contribution is -2.47. The fraction of sp³-hybridized carbons (Fsp3) is 1.00. The van der Waals surface area contributed by atoms with Crippen LogP contribution in [0.3, 0.4) is 0 Å². The first-order valence-corrected chi connectivity index (χ1v) is 8.13. The maximum atomic E-state index is 2.88. The largest absolute Gasteiger partial charge is 0.289 e. The molecule has 0 amide bonds. The van der Waals surface area contributed by atoms with Crippen LogP contribution in [0, 0.1) is 11.8 Å². The van der Waals surface area contributed by atoms with E-state index in [0.29, 0.717) is 0 Å². The predicted octanol–water partition coefficient (Wildman–Crippen LogP) is 3.33. The van der Waals surface area contributed by atoms with Crippen molar-refractivity contribution >= 4 is 0 Å². The number of fused-ring (bicyclic) bond motifs is 1. The van der Waals surface area contributed by atoms with Crippen molar-refractivity contribution in [2.75, 3.05) is 13.7 Å². The van der Waals surface area contributed by atoms with Gasteiger partial charge in [0.2, 0.25) is 0 Å². The Morgan fingerprint density at radius 1 is 0.833 bits per heavy atom. The molecule has 18 heavy (non-hydrogen) atoms. The van der Waals surface area contributed by atoms with E-state index in [4.69, 9.17) is 0 Å². The Balaban J connectivity index is 1.72. The summed E-state index contributed by atoms with van der Waals surface area (Å²) >= 11 is 0. The monoisotopic (exact) mass is 250 g/mol. The van der Waals surface area contributed by atoms with Crippen LogP contribution in [0.2, 0.25) is 0 Å². The Kier molecular flexibility index (Phi) is 3.68. The van der Waals surface area contributed by atoms with Gasteiger partial charge in [0.15, 0.2) is 0 Å². The first kappa shape index (κ1) is 12.9. The highest BCUT2D eigenvalue weighted by Gasteiger charge is 2.45. The number of nitrogens with zero attached hydrogens (tertiary/aromatic N) is 2. The molecule has 1 saturated heterocycles. The molecular formula is C16H30N2. The summed E-state index contributed by atoms with van der Waals surface area (Å²) in [5, 5.41) is 0. The first-order valence-electron chi connectivity index (χ1n) is 8.13. The molecule has 0 aromatic heterocycles. The van der Waals surface area contributed by atoms with Crippen molar-refractivity contribution in [1.29, 1.82) is 0 Å². The molecule has 3 fully saturated rings. The van der Waals surface area contributed by atoms with E-state index in [2.05, 4.69) is 30.7 Å². The standard InChI is InChI=1S/C16H30N2/c1-12-9-15-16(10-13(12)2)18(11-17(15)3)14-7-5-4-6-8-14/h12-16H,4-11H2,1-3H3/t12-,13?,15?,16?/m1/s1. The molecule has 1 aliphatic heterocycles. The fourth-order valence-corrected chi connectivity index (χ4v) is 4.64. The van der Waals surface area contributed by atoms with Gasteiger partial charge in [-0.15, -0.1) is 0 Å². The van der Waals surface area contributed by atoms with Gasteiger partial charge in [0.05, 0.1) is 6.67 Å². The van der Waals surface area contributed by atoms with Crippen LogP contribution in [-0.2, 0) is 0 Å². The van der Waals surface area contributed by atoms with E-state index < -0.39 is 0 Å². The van der Waals surface area contributed by atoms with Crippen molar-refractivity contribution in [1.82, 2.24) is 9.80 Å². The quantitative estimate of drug-likeness (QED) is 0.704. The molecule has 0 aromatic carbocycles. The van der Waals surface area contributed by atoms with Crippen LogP contribution in [-0.4, -0.2) is 41.6 Å². The molecular weight excluding hydrogens is 220 g/mol. The van der Waals surface area contributed by atoms with Gasteiger partial charge < -0.3 is 0 Å². The van der Waals surface area contributed by atoms with Gasteiger partial charge in [0.25, 0.3) is 0 Å². The molecule has 0 radical (unpaired) electrons. The number of rotatable bonds is 1. The van der Waals surface area contributed by atoms with Crippen LogP contribution in [0.4, 0.5) is 0 Å². The third-order valence-corrected chi connectivity index (χ3v) is 6.06. The minimum Gasteiger partial charge on any atom is -0.289 e. The molecule has 2 saturated carbocycles. The Hall–Kier alpha value is -0.0800. The molecule has 2 aliphatic carbocycles. The van der Waals surface area contributed by atoms with Gasteiger partial charge in [-0.25, -0.2) is 0 Å². The zero-order chi connectivity index (χ0) is 12.7. The summed E-state index contributed by atoms with van der Waals surface area (Å²) in [6, 6.07) is 2.61. The van der Waals surface area contributed by atoms with Gasteiger partial charge in [-0.3, -0.25) is 9.80 Å². The predicted molar refractivity (Wildman–Crippen MR) is 76.5 cm³/mol. The van der Waals surface area contributed by atoms with Gasteiger partial charge in [-0.1, -0.05) is 33.1 Å². The van der Waals surface area contributed by atoms with Crippen molar-refractivity contribution in [2.24, 2.45) is 11.8 Å². The van der Waals surface area contributed by atoms with Crippen molar-refractivity contribution in [2.45, 2.75) is 76.9 Å². The molecule has 3 rings (SSSR count). The topological polar surface area (TPSA) is 6.48 Å². The highest BCUT2D eigenvalue weighted by Crippen LogP contribution is 2.40. The van der Waals surface area contributed by atoms with Crippen LogP contribution in [0.25, 0.3) is 0 Å². The summed E-state index contributed by atoms with van der Waals surface area (Å²) in [5.41, 5.74) is 0. The maximum absolute atomic E-state index is 2.88. The average molecular weight is 250 g/mol. The van der Waals surface area contributed by atoms with Crippen molar-refractivity contribution in [3.8, 4) is 0 Å². The van der Waals surface area contributed by atoms with Gasteiger partial charge in [-0.05, 0) is 44.6 Å². The molecule has 0 spiro atoms. The van der Waals surface area contributed by atoms with Crippen molar-refractivity contribution in [3.05, 3.63) is 0 Å². The molecule has 0 aromatic rings. The Morgan fingerprint density at radius 2 is 1.44 bits per heavy atom.